The molecule has 1 aliphatic rings. The minimum Gasteiger partial charge on any atom is -0.258 e. The number of aryl methyl sites for hydroxylation is 1. The van der Waals surface area contributed by atoms with Crippen molar-refractivity contribution in [1.29, 1.82) is 0 Å². The number of rotatable bonds is 2. The highest BCUT2D eigenvalue weighted by Crippen LogP contribution is 2.72. The first-order valence-electron chi connectivity index (χ1n) is 5.04. The molecular weight excluding hydrogens is 260 g/mol. The Morgan fingerprint density at radius 3 is 2.93 bits per heavy atom. The Kier molecular flexibility index (Phi) is 4.43. The first-order chi connectivity index (χ1) is 7.24. The fourth-order valence-electron chi connectivity index (χ4n) is 2.14. The second-order valence-corrected chi connectivity index (χ2v) is 13.4. The van der Waals surface area contributed by atoms with E-state index in [0.29, 0.717) is 5.92 Å². The molecule has 1 aromatic rings. The third-order valence-corrected chi connectivity index (χ3v) is 14.5. The summed E-state index contributed by atoms with van der Waals surface area (Å²) in [7, 11) is 7.01. The highest BCUT2D eigenvalue weighted by molar-refractivity contribution is 8.61. The number of nitrogens with zero attached hydrogens (tertiary/aromatic N) is 2. The summed E-state index contributed by atoms with van der Waals surface area (Å²) < 4.78 is 0. The molecule has 0 radical (unpaired) electrons. The van der Waals surface area contributed by atoms with E-state index in [0.717, 1.165) is 20.0 Å². The van der Waals surface area contributed by atoms with E-state index in [-0.39, 0.29) is 7.30 Å². The average Bonchev–Trinajstić information content (AvgIpc) is 2.29. The van der Waals surface area contributed by atoms with Crippen LogP contribution >= 0.6 is 33.1 Å². The van der Waals surface area contributed by atoms with Crippen LogP contribution in [-0.2, 0) is 6.42 Å². The standard InChI is InChI=1S/C9H16N2P4/c1-6-8(15(13)14-12)3-2-7-9(6)11-5-4-10-7/h4-6,8,14H,2-3,12-13H2,1H3. The van der Waals surface area contributed by atoms with Gasteiger partial charge in [-0.25, -0.2) is 0 Å². The van der Waals surface area contributed by atoms with Crippen LogP contribution in [0.1, 0.15) is 30.7 Å². The Hall–Kier alpha value is 0.800. The Morgan fingerprint density at radius 2 is 2.20 bits per heavy atom. The predicted molar refractivity (Wildman–Crippen MR) is 77.2 cm³/mol. The SMILES string of the molecule is CC1c2nccnc2CCC1P(P)PP. The molecule has 6 heteroatoms. The van der Waals surface area contributed by atoms with Crippen molar-refractivity contribution in [3.05, 3.63) is 23.8 Å². The average molecular weight is 276 g/mol. The molecule has 0 bridgehead atoms. The molecule has 0 amide bonds. The Bertz CT molecular complexity index is 347. The van der Waals surface area contributed by atoms with Gasteiger partial charge in [-0.3, -0.25) is 9.97 Å². The van der Waals surface area contributed by atoms with Crippen molar-refractivity contribution in [3.63, 3.8) is 0 Å². The van der Waals surface area contributed by atoms with Crippen molar-refractivity contribution in [2.45, 2.75) is 31.3 Å². The van der Waals surface area contributed by atoms with E-state index in [9.17, 15) is 0 Å². The lowest BCUT2D eigenvalue weighted by Crippen LogP contribution is -2.22. The molecule has 2 nitrogen and oxygen atoms in total. The Labute approximate surface area is 98.4 Å². The van der Waals surface area contributed by atoms with E-state index in [2.05, 4.69) is 34.7 Å². The summed E-state index contributed by atoms with van der Waals surface area (Å²) in [6, 6.07) is 0. The normalized spacial score (nSPS) is 27.9. The minimum atomic E-state index is 0.0793. The van der Waals surface area contributed by atoms with Gasteiger partial charge in [0.15, 0.2) is 0 Å². The molecule has 0 saturated heterocycles. The molecule has 15 heavy (non-hydrogen) atoms. The first-order valence-corrected chi connectivity index (χ1v) is 11.7. The maximum absolute atomic E-state index is 4.50. The van der Waals surface area contributed by atoms with Gasteiger partial charge in [0.05, 0.1) is 11.4 Å². The van der Waals surface area contributed by atoms with Crippen LogP contribution in [0.15, 0.2) is 12.4 Å². The van der Waals surface area contributed by atoms with E-state index in [1.165, 1.54) is 17.8 Å². The molecule has 1 aliphatic carbocycles. The third-order valence-electron chi connectivity index (χ3n) is 3.00. The summed E-state index contributed by atoms with van der Waals surface area (Å²) in [5.41, 5.74) is 3.28. The number of aromatic nitrogens is 2. The van der Waals surface area contributed by atoms with Crippen molar-refractivity contribution in [1.82, 2.24) is 9.97 Å². The van der Waals surface area contributed by atoms with Crippen LogP contribution in [-0.4, -0.2) is 15.6 Å². The predicted octanol–water partition coefficient (Wildman–Crippen LogP) is 3.55. The van der Waals surface area contributed by atoms with Gasteiger partial charge < -0.3 is 0 Å². The van der Waals surface area contributed by atoms with Crippen LogP contribution in [0.2, 0.25) is 0 Å². The third kappa shape index (κ3) is 2.56. The van der Waals surface area contributed by atoms with E-state index in [1.54, 1.807) is 0 Å². The Morgan fingerprint density at radius 1 is 1.47 bits per heavy atom. The summed E-state index contributed by atoms with van der Waals surface area (Å²) in [6.45, 7) is 2.31. The van der Waals surface area contributed by atoms with Gasteiger partial charge in [0.1, 0.15) is 0 Å². The number of hydrogen-bond acceptors (Lipinski definition) is 2. The molecule has 0 fully saturated rings. The fourth-order valence-corrected chi connectivity index (χ4v) is 7.94. The number of hydrogen-bond donors (Lipinski definition) is 0. The van der Waals surface area contributed by atoms with Gasteiger partial charge in [-0.2, -0.15) is 0 Å². The van der Waals surface area contributed by atoms with Gasteiger partial charge in [0.2, 0.25) is 0 Å². The van der Waals surface area contributed by atoms with Crippen molar-refractivity contribution in [2.75, 3.05) is 0 Å². The molecule has 2 rings (SSSR count). The molecule has 0 N–H and O–H groups in total. The van der Waals surface area contributed by atoms with Crippen molar-refractivity contribution in [2.24, 2.45) is 0 Å². The maximum atomic E-state index is 4.50. The molecular formula is C9H16N2P4. The van der Waals surface area contributed by atoms with Gasteiger partial charge in [-0.1, -0.05) is 22.2 Å². The molecule has 0 spiro atoms. The molecule has 0 aromatic carbocycles. The monoisotopic (exact) mass is 276 g/mol. The lowest BCUT2D eigenvalue weighted by atomic mass is 9.90. The van der Waals surface area contributed by atoms with Gasteiger partial charge in [-0.15, -0.1) is 17.9 Å². The molecule has 82 valence electrons. The smallest absolute Gasteiger partial charge is 0.0653 e. The van der Waals surface area contributed by atoms with Crippen LogP contribution in [0.4, 0.5) is 0 Å². The molecule has 6 atom stereocenters. The molecule has 1 aromatic heterocycles. The molecule has 1 heterocycles. The van der Waals surface area contributed by atoms with E-state index >= 15 is 0 Å². The van der Waals surface area contributed by atoms with Crippen LogP contribution < -0.4 is 0 Å². The summed E-state index contributed by atoms with van der Waals surface area (Å²) in [5.74, 6) is 0.583. The quantitative estimate of drug-likeness (QED) is 0.772. The van der Waals surface area contributed by atoms with Gasteiger partial charge in [0.25, 0.3) is 0 Å². The second-order valence-electron chi connectivity index (χ2n) is 3.82. The first kappa shape index (κ1) is 12.3. The van der Waals surface area contributed by atoms with E-state index in [4.69, 9.17) is 0 Å². The summed E-state index contributed by atoms with van der Waals surface area (Å²) in [4.78, 5) is 8.93. The van der Waals surface area contributed by atoms with Crippen molar-refractivity contribution >= 4 is 33.1 Å². The molecule has 6 unspecified atom stereocenters. The second kappa shape index (κ2) is 5.42. The summed E-state index contributed by atoms with van der Waals surface area (Å²) >= 11 is 0. The zero-order valence-corrected chi connectivity index (χ0v) is 12.9. The van der Waals surface area contributed by atoms with Crippen molar-refractivity contribution in [3.8, 4) is 0 Å². The largest absolute Gasteiger partial charge is 0.258 e. The maximum Gasteiger partial charge on any atom is 0.0653 e. The zero-order chi connectivity index (χ0) is 10.8. The fraction of sp³-hybridized carbons (Fsp3) is 0.556. The van der Waals surface area contributed by atoms with Gasteiger partial charge in [-0.05, 0) is 18.5 Å². The van der Waals surface area contributed by atoms with Crippen molar-refractivity contribution < 1.29 is 0 Å². The summed E-state index contributed by atoms with van der Waals surface area (Å²) in [5, 5.41) is 0. The van der Waals surface area contributed by atoms with E-state index < -0.39 is 0 Å². The minimum absolute atomic E-state index is 0.0793. The van der Waals surface area contributed by atoms with Crippen LogP contribution in [0.25, 0.3) is 0 Å². The lowest BCUT2D eigenvalue weighted by molar-refractivity contribution is 0.574. The highest BCUT2D eigenvalue weighted by atomic mass is 32.6. The number of fused-ring (bicyclic) bond motifs is 1. The van der Waals surface area contributed by atoms with E-state index in [1.807, 2.05) is 12.4 Å². The Balaban J connectivity index is 2.25. The van der Waals surface area contributed by atoms with Gasteiger partial charge >= 0.3 is 0 Å². The van der Waals surface area contributed by atoms with Gasteiger partial charge in [0, 0.05) is 18.3 Å². The van der Waals surface area contributed by atoms with Crippen LogP contribution in [0, 0.1) is 0 Å². The zero-order valence-electron chi connectivity index (χ0n) is 8.72. The highest BCUT2D eigenvalue weighted by Gasteiger charge is 2.31. The molecule has 0 aliphatic heterocycles. The molecule has 0 saturated carbocycles. The van der Waals surface area contributed by atoms with Crippen LogP contribution in [0.3, 0.4) is 0 Å². The topological polar surface area (TPSA) is 25.8 Å². The summed E-state index contributed by atoms with van der Waals surface area (Å²) in [6.07, 6.45) is 6.03. The lowest BCUT2D eigenvalue weighted by Gasteiger charge is -2.33. The van der Waals surface area contributed by atoms with Crippen LogP contribution in [0.5, 0.6) is 0 Å².